The van der Waals surface area contributed by atoms with Crippen molar-refractivity contribution in [3.05, 3.63) is 34.9 Å². The zero-order valence-corrected chi connectivity index (χ0v) is 12.6. The van der Waals surface area contributed by atoms with Crippen LogP contribution in [0.4, 0.5) is 0 Å². The van der Waals surface area contributed by atoms with Gasteiger partial charge in [0.05, 0.1) is 0 Å². The summed E-state index contributed by atoms with van der Waals surface area (Å²) < 4.78 is 0. The minimum Gasteiger partial charge on any atom is -0.329 e. The summed E-state index contributed by atoms with van der Waals surface area (Å²) in [4.78, 5) is 4.78. The molecule has 1 aliphatic heterocycles. The lowest BCUT2D eigenvalue weighted by Crippen LogP contribution is -2.35. The van der Waals surface area contributed by atoms with E-state index in [1.807, 2.05) is 12.1 Å². The number of likely N-dealkylation sites (N-methyl/N-ethyl adjacent to an activating group) is 1. The number of halogens is 1. The van der Waals surface area contributed by atoms with Gasteiger partial charge in [0.25, 0.3) is 0 Å². The lowest BCUT2D eigenvalue weighted by Gasteiger charge is -2.29. The Hall–Kier alpha value is -0.610. The maximum absolute atomic E-state index is 5.96. The summed E-state index contributed by atoms with van der Waals surface area (Å²) in [5.74, 6) is 0.761. The number of nitrogens with two attached hydrogens (primary N) is 1. The highest BCUT2D eigenvalue weighted by Gasteiger charge is 2.24. The van der Waals surface area contributed by atoms with Crippen LogP contribution in [0.1, 0.15) is 18.0 Å². The number of likely N-dealkylation sites (tertiary alicyclic amines) is 1. The molecule has 1 aromatic carbocycles. The predicted molar refractivity (Wildman–Crippen MR) is 81.5 cm³/mol. The Morgan fingerprint density at radius 1 is 1.42 bits per heavy atom. The molecule has 1 heterocycles. The topological polar surface area (TPSA) is 32.5 Å². The lowest BCUT2D eigenvalue weighted by atomic mass is 10.0. The smallest absolute Gasteiger partial charge is 0.0467 e. The molecule has 106 valence electrons. The van der Waals surface area contributed by atoms with E-state index in [2.05, 4.69) is 36.0 Å². The van der Waals surface area contributed by atoms with Gasteiger partial charge >= 0.3 is 0 Å². The molecule has 1 saturated heterocycles. The number of rotatable bonds is 5. The summed E-state index contributed by atoms with van der Waals surface area (Å²) in [6.45, 7) is 4.16. The van der Waals surface area contributed by atoms with Crippen molar-refractivity contribution in [3.8, 4) is 0 Å². The van der Waals surface area contributed by atoms with Crippen molar-refractivity contribution in [1.29, 1.82) is 0 Å². The maximum Gasteiger partial charge on any atom is 0.0467 e. The standard InChI is InChI=1S/C15H24ClN3/c1-18-8-7-12(10-18)11-19(2)15(9-17)13-3-5-14(16)6-4-13/h3-6,12,15H,7-11,17H2,1-2H3. The Bertz CT molecular complexity index is 393. The first-order chi connectivity index (χ1) is 9.10. The Labute approximate surface area is 121 Å². The van der Waals surface area contributed by atoms with E-state index in [9.17, 15) is 0 Å². The van der Waals surface area contributed by atoms with Crippen molar-refractivity contribution >= 4 is 11.6 Å². The number of hydrogen-bond donors (Lipinski definition) is 1. The maximum atomic E-state index is 5.96. The lowest BCUT2D eigenvalue weighted by molar-refractivity contribution is 0.211. The van der Waals surface area contributed by atoms with Crippen LogP contribution >= 0.6 is 11.6 Å². The molecule has 4 heteroatoms. The Balaban J connectivity index is 1.98. The summed E-state index contributed by atoms with van der Waals surface area (Å²) in [5.41, 5.74) is 7.21. The molecular weight excluding hydrogens is 258 g/mol. The van der Waals surface area contributed by atoms with E-state index in [1.165, 1.54) is 25.1 Å². The van der Waals surface area contributed by atoms with Crippen LogP contribution in [0.3, 0.4) is 0 Å². The van der Waals surface area contributed by atoms with E-state index < -0.39 is 0 Å². The molecular formula is C15H24ClN3. The second kappa shape index (κ2) is 6.71. The third-order valence-electron chi connectivity index (χ3n) is 4.05. The molecule has 1 aromatic rings. The molecule has 19 heavy (non-hydrogen) atoms. The summed E-state index contributed by atoms with van der Waals surface area (Å²) in [6.07, 6.45) is 1.29. The minimum atomic E-state index is 0.281. The van der Waals surface area contributed by atoms with E-state index in [-0.39, 0.29) is 6.04 Å². The SMILES string of the molecule is CN1CCC(CN(C)C(CN)c2ccc(Cl)cc2)C1. The summed E-state index contributed by atoms with van der Waals surface area (Å²) >= 11 is 5.94. The molecule has 0 radical (unpaired) electrons. The van der Waals surface area contributed by atoms with Crippen molar-refractivity contribution in [1.82, 2.24) is 9.80 Å². The van der Waals surface area contributed by atoms with Crippen LogP contribution in [-0.2, 0) is 0 Å². The average Bonchev–Trinajstić information content (AvgIpc) is 2.78. The van der Waals surface area contributed by atoms with Gasteiger partial charge in [-0.3, -0.25) is 4.90 Å². The number of hydrogen-bond acceptors (Lipinski definition) is 3. The van der Waals surface area contributed by atoms with Crippen LogP contribution in [0, 0.1) is 5.92 Å². The molecule has 1 aliphatic rings. The van der Waals surface area contributed by atoms with Gasteiger partial charge in [0.15, 0.2) is 0 Å². The third-order valence-corrected chi connectivity index (χ3v) is 4.30. The molecule has 1 fully saturated rings. The Morgan fingerprint density at radius 2 is 2.11 bits per heavy atom. The van der Waals surface area contributed by atoms with Crippen LogP contribution in [0.2, 0.25) is 5.02 Å². The second-order valence-electron chi connectivity index (χ2n) is 5.66. The quantitative estimate of drug-likeness (QED) is 0.898. The molecule has 0 bridgehead atoms. The molecule has 0 amide bonds. The predicted octanol–water partition coefficient (Wildman–Crippen LogP) is 2.22. The number of nitrogens with zero attached hydrogens (tertiary/aromatic N) is 2. The van der Waals surface area contributed by atoms with Crippen molar-refractivity contribution in [2.75, 3.05) is 40.3 Å². The van der Waals surface area contributed by atoms with Gasteiger partial charge in [-0.15, -0.1) is 0 Å². The van der Waals surface area contributed by atoms with E-state index in [1.54, 1.807) is 0 Å². The fraction of sp³-hybridized carbons (Fsp3) is 0.600. The molecule has 3 nitrogen and oxygen atoms in total. The van der Waals surface area contributed by atoms with Crippen LogP contribution in [-0.4, -0.2) is 50.1 Å². The van der Waals surface area contributed by atoms with Crippen LogP contribution < -0.4 is 5.73 Å². The van der Waals surface area contributed by atoms with Gasteiger partial charge in [-0.1, -0.05) is 23.7 Å². The molecule has 2 unspecified atom stereocenters. The van der Waals surface area contributed by atoms with Crippen LogP contribution in [0.25, 0.3) is 0 Å². The largest absolute Gasteiger partial charge is 0.329 e. The van der Waals surface area contributed by atoms with Crippen LogP contribution in [0.5, 0.6) is 0 Å². The minimum absolute atomic E-state index is 0.281. The zero-order valence-electron chi connectivity index (χ0n) is 11.8. The van der Waals surface area contributed by atoms with Gasteiger partial charge in [-0.05, 0) is 50.7 Å². The summed E-state index contributed by atoms with van der Waals surface area (Å²) in [7, 11) is 4.37. The fourth-order valence-electron chi connectivity index (χ4n) is 2.97. The highest BCUT2D eigenvalue weighted by Crippen LogP contribution is 2.23. The zero-order chi connectivity index (χ0) is 13.8. The van der Waals surface area contributed by atoms with Crippen molar-refractivity contribution in [2.45, 2.75) is 12.5 Å². The van der Waals surface area contributed by atoms with E-state index >= 15 is 0 Å². The van der Waals surface area contributed by atoms with Gasteiger partial charge < -0.3 is 10.6 Å². The molecule has 2 N–H and O–H groups in total. The molecule has 2 atom stereocenters. The van der Waals surface area contributed by atoms with Crippen molar-refractivity contribution in [3.63, 3.8) is 0 Å². The fourth-order valence-corrected chi connectivity index (χ4v) is 3.09. The molecule has 0 aliphatic carbocycles. The summed E-state index contributed by atoms with van der Waals surface area (Å²) in [6, 6.07) is 8.32. The monoisotopic (exact) mass is 281 g/mol. The second-order valence-corrected chi connectivity index (χ2v) is 6.10. The number of benzene rings is 1. The van der Waals surface area contributed by atoms with Gasteiger partial charge in [-0.2, -0.15) is 0 Å². The first-order valence-electron chi connectivity index (χ1n) is 6.94. The van der Waals surface area contributed by atoms with Crippen LogP contribution in [0.15, 0.2) is 24.3 Å². The average molecular weight is 282 g/mol. The molecule has 0 spiro atoms. The first kappa shape index (κ1) is 14.8. The molecule has 2 rings (SSSR count). The first-order valence-corrected chi connectivity index (χ1v) is 7.32. The highest BCUT2D eigenvalue weighted by molar-refractivity contribution is 6.30. The van der Waals surface area contributed by atoms with E-state index in [4.69, 9.17) is 17.3 Å². The molecule has 0 saturated carbocycles. The molecule has 0 aromatic heterocycles. The highest BCUT2D eigenvalue weighted by atomic mass is 35.5. The van der Waals surface area contributed by atoms with Gasteiger partial charge in [0, 0.05) is 30.7 Å². The Kier molecular flexibility index (Phi) is 5.22. The van der Waals surface area contributed by atoms with E-state index in [0.29, 0.717) is 6.54 Å². The van der Waals surface area contributed by atoms with Crippen molar-refractivity contribution < 1.29 is 0 Å². The van der Waals surface area contributed by atoms with Gasteiger partial charge in [0.2, 0.25) is 0 Å². The third kappa shape index (κ3) is 3.93. The van der Waals surface area contributed by atoms with Gasteiger partial charge in [-0.25, -0.2) is 0 Å². The van der Waals surface area contributed by atoms with E-state index in [0.717, 1.165) is 17.5 Å². The van der Waals surface area contributed by atoms with Crippen molar-refractivity contribution in [2.24, 2.45) is 11.7 Å². The normalized spacial score (nSPS) is 22.1. The Morgan fingerprint density at radius 3 is 2.63 bits per heavy atom. The summed E-state index contributed by atoms with van der Waals surface area (Å²) in [5, 5.41) is 0.777. The van der Waals surface area contributed by atoms with Gasteiger partial charge in [0.1, 0.15) is 0 Å².